The Morgan fingerprint density at radius 3 is 2.74 bits per heavy atom. The Hall–Kier alpha value is -1.95. The molecule has 3 rings (SSSR count). The average molecular weight is 319 g/mol. The van der Waals surface area contributed by atoms with Gasteiger partial charge in [-0.05, 0) is 27.9 Å². The predicted octanol–water partition coefficient (Wildman–Crippen LogP) is 2.10. The summed E-state index contributed by atoms with van der Waals surface area (Å²) in [5.41, 5.74) is 7.43. The summed E-state index contributed by atoms with van der Waals surface area (Å²) in [6, 6.07) is 9.67. The Bertz CT molecular complexity index is 645. The molecule has 0 spiro atoms. The zero-order chi connectivity index (χ0) is 13.4. The van der Waals surface area contributed by atoms with Gasteiger partial charge >= 0.3 is 0 Å². The van der Waals surface area contributed by atoms with E-state index in [0.29, 0.717) is 16.8 Å². The number of nitrogens with two attached hydrogens (primary N) is 1. The molecule has 1 unspecified atom stereocenters. The quantitative estimate of drug-likeness (QED) is 0.789. The highest BCUT2D eigenvalue weighted by molar-refractivity contribution is 9.10. The first kappa shape index (κ1) is 12.1. The van der Waals surface area contributed by atoms with Gasteiger partial charge in [-0.15, -0.1) is 0 Å². The van der Waals surface area contributed by atoms with Crippen molar-refractivity contribution in [2.24, 2.45) is 0 Å². The first-order valence-corrected chi connectivity index (χ1v) is 6.62. The van der Waals surface area contributed by atoms with Crippen molar-refractivity contribution < 1.29 is 4.79 Å². The Labute approximate surface area is 118 Å². The van der Waals surface area contributed by atoms with E-state index in [-0.39, 0.29) is 17.8 Å². The van der Waals surface area contributed by atoms with Gasteiger partial charge in [-0.25, -0.2) is 4.98 Å². The minimum absolute atomic E-state index is 0.0660. The largest absolute Gasteiger partial charge is 0.368 e. The number of nitrogens with one attached hydrogen (secondary N) is 1. The highest BCUT2D eigenvalue weighted by Gasteiger charge is 2.30. The molecule has 5 nitrogen and oxygen atoms in total. The van der Waals surface area contributed by atoms with E-state index >= 15 is 0 Å². The second-order valence-corrected chi connectivity index (χ2v) is 5.11. The Kier molecular flexibility index (Phi) is 2.94. The number of anilines is 2. The summed E-state index contributed by atoms with van der Waals surface area (Å²) in [6.07, 6.45) is 0.562. The monoisotopic (exact) mass is 318 g/mol. The molecule has 1 aliphatic rings. The van der Waals surface area contributed by atoms with E-state index in [4.69, 9.17) is 5.73 Å². The van der Waals surface area contributed by atoms with Crippen LogP contribution in [-0.2, 0) is 11.2 Å². The highest BCUT2D eigenvalue weighted by atomic mass is 79.9. The second-order valence-electron chi connectivity index (χ2n) is 4.36. The zero-order valence-electron chi connectivity index (χ0n) is 9.93. The SMILES string of the molecule is Nc1nc(Br)c2c(n1)NC(=O)C(c1ccccc1)C2. The number of hydrogen-bond acceptors (Lipinski definition) is 4. The van der Waals surface area contributed by atoms with Crippen LogP contribution in [0.2, 0.25) is 0 Å². The molecular weight excluding hydrogens is 308 g/mol. The number of rotatable bonds is 1. The van der Waals surface area contributed by atoms with Gasteiger partial charge in [0.05, 0.1) is 5.92 Å². The first-order valence-electron chi connectivity index (χ1n) is 5.83. The standard InChI is InChI=1S/C13H11BrN4O/c14-10-9-6-8(7-4-2-1-3-5-7)12(19)17-11(9)18-13(15)16-10/h1-5,8H,6H2,(H3,15,16,17,18,19). The number of amides is 1. The van der Waals surface area contributed by atoms with Crippen LogP contribution in [0.4, 0.5) is 11.8 Å². The van der Waals surface area contributed by atoms with Crippen molar-refractivity contribution in [1.29, 1.82) is 0 Å². The van der Waals surface area contributed by atoms with E-state index in [1.54, 1.807) is 0 Å². The third-order valence-corrected chi connectivity index (χ3v) is 3.80. The number of nitrogens with zero attached hydrogens (tertiary/aromatic N) is 2. The van der Waals surface area contributed by atoms with Gasteiger partial charge in [0.1, 0.15) is 10.4 Å². The molecule has 3 N–H and O–H groups in total. The maximum Gasteiger partial charge on any atom is 0.233 e. The molecule has 0 aliphatic carbocycles. The van der Waals surface area contributed by atoms with Crippen molar-refractivity contribution in [1.82, 2.24) is 9.97 Å². The van der Waals surface area contributed by atoms with Gasteiger partial charge in [-0.3, -0.25) is 4.79 Å². The van der Waals surface area contributed by atoms with Crippen LogP contribution >= 0.6 is 15.9 Å². The number of carbonyl (C=O) groups excluding carboxylic acids is 1. The third-order valence-electron chi connectivity index (χ3n) is 3.14. The number of hydrogen-bond donors (Lipinski definition) is 2. The molecule has 6 heteroatoms. The molecule has 1 aliphatic heterocycles. The molecular formula is C13H11BrN4O. The Morgan fingerprint density at radius 2 is 2.00 bits per heavy atom. The van der Waals surface area contributed by atoms with E-state index in [0.717, 1.165) is 11.1 Å². The van der Waals surface area contributed by atoms with Crippen molar-refractivity contribution in [2.45, 2.75) is 12.3 Å². The van der Waals surface area contributed by atoms with Crippen molar-refractivity contribution in [3.8, 4) is 0 Å². The van der Waals surface area contributed by atoms with E-state index in [1.807, 2.05) is 30.3 Å². The van der Waals surface area contributed by atoms with Crippen LogP contribution in [0.3, 0.4) is 0 Å². The fourth-order valence-corrected chi connectivity index (χ4v) is 2.74. The summed E-state index contributed by atoms with van der Waals surface area (Å²) >= 11 is 3.37. The third kappa shape index (κ3) is 2.19. The summed E-state index contributed by atoms with van der Waals surface area (Å²) in [5, 5.41) is 2.79. The summed E-state index contributed by atoms with van der Waals surface area (Å²) in [5.74, 6) is 0.349. The minimum atomic E-state index is -0.225. The van der Waals surface area contributed by atoms with Crippen molar-refractivity contribution in [3.05, 3.63) is 46.1 Å². The van der Waals surface area contributed by atoms with Crippen LogP contribution < -0.4 is 11.1 Å². The van der Waals surface area contributed by atoms with Gasteiger partial charge in [0, 0.05) is 5.56 Å². The number of carbonyl (C=O) groups is 1. The Morgan fingerprint density at radius 1 is 1.26 bits per heavy atom. The van der Waals surface area contributed by atoms with E-state index in [2.05, 4.69) is 31.2 Å². The van der Waals surface area contributed by atoms with Crippen LogP contribution in [0.1, 0.15) is 17.0 Å². The lowest BCUT2D eigenvalue weighted by Crippen LogP contribution is -2.29. The lowest BCUT2D eigenvalue weighted by atomic mass is 9.89. The molecule has 0 radical (unpaired) electrons. The lowest BCUT2D eigenvalue weighted by molar-refractivity contribution is -0.117. The van der Waals surface area contributed by atoms with Crippen LogP contribution in [0, 0.1) is 0 Å². The molecule has 1 atom stereocenters. The summed E-state index contributed by atoms with van der Waals surface area (Å²) in [6.45, 7) is 0. The van der Waals surface area contributed by atoms with Crippen LogP contribution in [0.5, 0.6) is 0 Å². The smallest absolute Gasteiger partial charge is 0.233 e. The highest BCUT2D eigenvalue weighted by Crippen LogP contribution is 2.34. The molecule has 1 aromatic heterocycles. The van der Waals surface area contributed by atoms with E-state index < -0.39 is 0 Å². The number of halogens is 1. The van der Waals surface area contributed by atoms with Crippen molar-refractivity contribution in [2.75, 3.05) is 11.1 Å². The van der Waals surface area contributed by atoms with E-state index in [1.165, 1.54) is 0 Å². The molecule has 0 saturated carbocycles. The maximum atomic E-state index is 12.2. The van der Waals surface area contributed by atoms with Crippen LogP contribution in [-0.4, -0.2) is 15.9 Å². The summed E-state index contributed by atoms with van der Waals surface area (Å²) in [7, 11) is 0. The summed E-state index contributed by atoms with van der Waals surface area (Å²) in [4.78, 5) is 20.3. The molecule has 2 aromatic rings. The van der Waals surface area contributed by atoms with Crippen molar-refractivity contribution in [3.63, 3.8) is 0 Å². The fourth-order valence-electron chi connectivity index (χ4n) is 2.21. The molecule has 0 fully saturated rings. The molecule has 0 saturated heterocycles. The van der Waals surface area contributed by atoms with Gasteiger partial charge in [0.15, 0.2) is 0 Å². The topological polar surface area (TPSA) is 80.9 Å². The van der Waals surface area contributed by atoms with Crippen LogP contribution in [0.25, 0.3) is 0 Å². The van der Waals surface area contributed by atoms with Gasteiger partial charge in [-0.2, -0.15) is 4.98 Å². The summed E-state index contributed by atoms with van der Waals surface area (Å²) < 4.78 is 0.635. The normalized spacial score (nSPS) is 17.7. The first-order chi connectivity index (χ1) is 9.15. The molecule has 0 bridgehead atoms. The maximum absolute atomic E-state index is 12.2. The van der Waals surface area contributed by atoms with Gasteiger partial charge in [0.25, 0.3) is 0 Å². The van der Waals surface area contributed by atoms with Crippen molar-refractivity contribution >= 4 is 33.6 Å². The molecule has 96 valence electrons. The van der Waals surface area contributed by atoms with Gasteiger partial charge in [0.2, 0.25) is 11.9 Å². The molecule has 1 aromatic carbocycles. The van der Waals surface area contributed by atoms with Gasteiger partial charge < -0.3 is 11.1 Å². The zero-order valence-corrected chi connectivity index (χ0v) is 11.5. The predicted molar refractivity (Wildman–Crippen MR) is 75.7 cm³/mol. The Balaban J connectivity index is 2.03. The van der Waals surface area contributed by atoms with Gasteiger partial charge in [-0.1, -0.05) is 30.3 Å². The number of benzene rings is 1. The van der Waals surface area contributed by atoms with E-state index in [9.17, 15) is 4.79 Å². The lowest BCUT2D eigenvalue weighted by Gasteiger charge is -2.24. The minimum Gasteiger partial charge on any atom is -0.368 e. The number of nitrogen functional groups attached to an aromatic ring is 1. The average Bonchev–Trinajstić information content (AvgIpc) is 2.38. The number of aromatic nitrogens is 2. The molecule has 2 heterocycles. The second kappa shape index (κ2) is 4.62. The molecule has 1 amide bonds. The number of fused-ring (bicyclic) bond motifs is 1. The molecule has 19 heavy (non-hydrogen) atoms. The van der Waals surface area contributed by atoms with Crippen LogP contribution in [0.15, 0.2) is 34.9 Å². The fraction of sp³-hybridized carbons (Fsp3) is 0.154.